The molecule has 1 aliphatic rings. The molecule has 0 spiro atoms. The van der Waals surface area contributed by atoms with Gasteiger partial charge in [-0.2, -0.15) is 0 Å². The monoisotopic (exact) mass is 354 g/mol. The Hall–Kier alpha value is -2.96. The first-order valence-electron chi connectivity index (χ1n) is 8.55. The molecular formula is C19H19FN4O2. The predicted molar refractivity (Wildman–Crippen MR) is 94.6 cm³/mol. The zero-order valence-corrected chi connectivity index (χ0v) is 14.6. The third-order valence-corrected chi connectivity index (χ3v) is 4.72. The SMILES string of the molecule is COc1cc(-c2ccc(F)cc2)nc2c(C(=O)N[C@@H](C)C3CC3)ncn12. The summed E-state index contributed by atoms with van der Waals surface area (Å²) in [5.41, 5.74) is 1.97. The Labute approximate surface area is 150 Å². The number of nitrogens with one attached hydrogen (secondary N) is 1. The fourth-order valence-corrected chi connectivity index (χ4v) is 3.02. The van der Waals surface area contributed by atoms with Crippen LogP contribution in [0.1, 0.15) is 30.3 Å². The van der Waals surface area contributed by atoms with Gasteiger partial charge in [-0.3, -0.25) is 9.20 Å². The first-order chi connectivity index (χ1) is 12.6. The Bertz CT molecular complexity index is 964. The molecule has 6 nitrogen and oxygen atoms in total. The molecule has 3 aromatic rings. The van der Waals surface area contributed by atoms with E-state index in [0.29, 0.717) is 23.1 Å². The van der Waals surface area contributed by atoms with Gasteiger partial charge in [-0.15, -0.1) is 0 Å². The molecule has 134 valence electrons. The van der Waals surface area contributed by atoms with Crippen LogP contribution in [0.15, 0.2) is 36.7 Å². The number of carbonyl (C=O) groups is 1. The minimum atomic E-state index is -0.319. The fourth-order valence-electron chi connectivity index (χ4n) is 3.02. The van der Waals surface area contributed by atoms with E-state index in [0.717, 1.165) is 18.4 Å². The second-order valence-corrected chi connectivity index (χ2v) is 6.58. The largest absolute Gasteiger partial charge is 0.482 e. The number of fused-ring (bicyclic) bond motifs is 1. The summed E-state index contributed by atoms with van der Waals surface area (Å²) >= 11 is 0. The molecule has 1 saturated carbocycles. The Morgan fingerprint density at radius 3 is 2.73 bits per heavy atom. The molecule has 1 N–H and O–H groups in total. The number of carbonyl (C=O) groups excluding carboxylic acids is 1. The Kier molecular flexibility index (Phi) is 4.06. The van der Waals surface area contributed by atoms with Gasteiger partial charge in [-0.05, 0) is 49.9 Å². The number of ether oxygens (including phenoxy) is 1. The number of benzene rings is 1. The summed E-state index contributed by atoms with van der Waals surface area (Å²) in [5, 5.41) is 3.00. The van der Waals surface area contributed by atoms with Crippen molar-refractivity contribution in [2.24, 2.45) is 5.92 Å². The highest BCUT2D eigenvalue weighted by atomic mass is 19.1. The number of methoxy groups -OCH3 is 1. The summed E-state index contributed by atoms with van der Waals surface area (Å²) in [6.07, 6.45) is 3.81. The number of rotatable bonds is 5. The summed E-state index contributed by atoms with van der Waals surface area (Å²) < 4.78 is 20.2. The first kappa shape index (κ1) is 16.5. The van der Waals surface area contributed by atoms with Crippen molar-refractivity contribution >= 4 is 11.6 Å². The summed E-state index contributed by atoms with van der Waals surface area (Å²) in [7, 11) is 1.54. The van der Waals surface area contributed by atoms with Crippen molar-refractivity contribution in [2.45, 2.75) is 25.8 Å². The maximum atomic E-state index is 13.2. The van der Waals surface area contributed by atoms with Gasteiger partial charge in [0.05, 0.1) is 12.8 Å². The van der Waals surface area contributed by atoms with Crippen molar-refractivity contribution in [3.8, 4) is 17.1 Å². The lowest BCUT2D eigenvalue weighted by atomic mass is 10.1. The van der Waals surface area contributed by atoms with E-state index in [1.54, 1.807) is 22.6 Å². The smallest absolute Gasteiger partial charge is 0.274 e. The molecular weight excluding hydrogens is 335 g/mol. The van der Waals surface area contributed by atoms with Crippen LogP contribution in [0.25, 0.3) is 16.9 Å². The molecule has 1 fully saturated rings. The molecule has 1 aromatic carbocycles. The second kappa shape index (κ2) is 6.40. The van der Waals surface area contributed by atoms with E-state index >= 15 is 0 Å². The van der Waals surface area contributed by atoms with Gasteiger partial charge in [0.1, 0.15) is 12.1 Å². The summed E-state index contributed by atoms with van der Waals surface area (Å²) in [6, 6.07) is 7.86. The average Bonchev–Trinajstić information content (AvgIpc) is 3.41. The molecule has 0 radical (unpaired) electrons. The highest BCUT2D eigenvalue weighted by Crippen LogP contribution is 2.32. The van der Waals surface area contributed by atoms with Crippen LogP contribution in [-0.4, -0.2) is 33.4 Å². The molecule has 1 aliphatic carbocycles. The van der Waals surface area contributed by atoms with E-state index in [2.05, 4.69) is 15.3 Å². The molecule has 26 heavy (non-hydrogen) atoms. The molecule has 2 aromatic heterocycles. The number of hydrogen-bond acceptors (Lipinski definition) is 4. The summed E-state index contributed by atoms with van der Waals surface area (Å²) in [4.78, 5) is 21.4. The number of hydrogen-bond donors (Lipinski definition) is 1. The minimum absolute atomic E-state index is 0.112. The Balaban J connectivity index is 1.76. The normalized spacial score (nSPS) is 15.0. The first-order valence-corrected chi connectivity index (χ1v) is 8.55. The summed E-state index contributed by atoms with van der Waals surface area (Å²) in [5.74, 6) is 0.471. The van der Waals surface area contributed by atoms with Crippen molar-refractivity contribution in [3.05, 3.63) is 48.2 Å². The van der Waals surface area contributed by atoms with Crippen molar-refractivity contribution in [1.29, 1.82) is 0 Å². The van der Waals surface area contributed by atoms with E-state index in [-0.39, 0.29) is 23.5 Å². The molecule has 0 aliphatic heterocycles. The third-order valence-electron chi connectivity index (χ3n) is 4.72. The van der Waals surface area contributed by atoms with Crippen LogP contribution in [0.2, 0.25) is 0 Å². The zero-order chi connectivity index (χ0) is 18.3. The number of halogens is 1. The van der Waals surface area contributed by atoms with E-state index < -0.39 is 0 Å². The zero-order valence-electron chi connectivity index (χ0n) is 14.6. The lowest BCUT2D eigenvalue weighted by molar-refractivity contribution is 0.0933. The molecule has 0 unspecified atom stereocenters. The quantitative estimate of drug-likeness (QED) is 0.765. The lowest BCUT2D eigenvalue weighted by Gasteiger charge is -2.12. The van der Waals surface area contributed by atoms with E-state index in [1.807, 2.05) is 6.92 Å². The van der Waals surface area contributed by atoms with E-state index in [9.17, 15) is 9.18 Å². The Morgan fingerprint density at radius 2 is 2.08 bits per heavy atom. The van der Waals surface area contributed by atoms with Crippen LogP contribution in [0.3, 0.4) is 0 Å². The van der Waals surface area contributed by atoms with Gasteiger partial charge in [0.15, 0.2) is 11.3 Å². The van der Waals surface area contributed by atoms with Crippen molar-refractivity contribution < 1.29 is 13.9 Å². The third kappa shape index (κ3) is 3.00. The summed E-state index contributed by atoms with van der Waals surface area (Å²) in [6.45, 7) is 2.01. The minimum Gasteiger partial charge on any atom is -0.482 e. The molecule has 2 heterocycles. The molecule has 1 amide bonds. The highest BCUT2D eigenvalue weighted by Gasteiger charge is 2.30. The highest BCUT2D eigenvalue weighted by molar-refractivity contribution is 5.98. The van der Waals surface area contributed by atoms with Crippen LogP contribution >= 0.6 is 0 Å². The molecule has 0 saturated heterocycles. The topological polar surface area (TPSA) is 68.5 Å². The Morgan fingerprint density at radius 1 is 1.35 bits per heavy atom. The van der Waals surface area contributed by atoms with Gasteiger partial charge in [-0.1, -0.05) is 0 Å². The molecule has 0 bridgehead atoms. The van der Waals surface area contributed by atoms with Crippen LogP contribution in [-0.2, 0) is 0 Å². The number of amides is 1. The molecule has 1 atom stereocenters. The van der Waals surface area contributed by atoms with Crippen LogP contribution in [0.4, 0.5) is 4.39 Å². The van der Waals surface area contributed by atoms with Crippen LogP contribution < -0.4 is 10.1 Å². The number of nitrogens with zero attached hydrogens (tertiary/aromatic N) is 3. The van der Waals surface area contributed by atoms with Crippen molar-refractivity contribution in [1.82, 2.24) is 19.7 Å². The predicted octanol–water partition coefficient (Wildman–Crippen LogP) is 3.07. The lowest BCUT2D eigenvalue weighted by Crippen LogP contribution is -2.34. The number of imidazole rings is 1. The van der Waals surface area contributed by atoms with E-state index in [1.165, 1.54) is 25.6 Å². The van der Waals surface area contributed by atoms with E-state index in [4.69, 9.17) is 4.74 Å². The van der Waals surface area contributed by atoms with Crippen LogP contribution in [0.5, 0.6) is 5.88 Å². The van der Waals surface area contributed by atoms with Crippen molar-refractivity contribution in [2.75, 3.05) is 7.11 Å². The fraction of sp³-hybridized carbons (Fsp3) is 0.316. The van der Waals surface area contributed by atoms with Gasteiger partial charge < -0.3 is 10.1 Å². The standard InChI is InChI=1S/C19H19FN4O2/c1-11(12-3-4-12)22-19(25)17-18-23-15(13-5-7-14(20)8-6-13)9-16(26-2)24(18)10-21-17/h5-12H,3-4H2,1-2H3,(H,22,25)/t11-/m0/s1. The van der Waals surface area contributed by atoms with Gasteiger partial charge in [0, 0.05) is 17.7 Å². The maximum absolute atomic E-state index is 13.2. The van der Waals surface area contributed by atoms with Crippen molar-refractivity contribution in [3.63, 3.8) is 0 Å². The van der Waals surface area contributed by atoms with Gasteiger partial charge in [-0.25, -0.2) is 14.4 Å². The second-order valence-electron chi connectivity index (χ2n) is 6.58. The van der Waals surface area contributed by atoms with Gasteiger partial charge in [0.2, 0.25) is 5.88 Å². The van der Waals surface area contributed by atoms with Gasteiger partial charge in [0.25, 0.3) is 5.91 Å². The maximum Gasteiger partial charge on any atom is 0.274 e. The molecule has 4 rings (SSSR count). The number of aromatic nitrogens is 3. The van der Waals surface area contributed by atoms with Gasteiger partial charge >= 0.3 is 0 Å². The average molecular weight is 354 g/mol. The van der Waals surface area contributed by atoms with Crippen LogP contribution in [0, 0.1) is 11.7 Å². The molecule has 7 heteroatoms.